The maximum atomic E-state index is 12.3. The molecule has 0 spiro atoms. The minimum Gasteiger partial charge on any atom is -0.325 e. The largest absolute Gasteiger partial charge is 0.325 e. The average molecular weight is 286 g/mol. The Labute approximate surface area is 123 Å². The van der Waals surface area contributed by atoms with Gasteiger partial charge in [-0.3, -0.25) is 4.79 Å². The predicted molar refractivity (Wildman–Crippen MR) is 83.9 cm³/mol. The molecule has 0 saturated carbocycles. The van der Waals surface area contributed by atoms with E-state index in [2.05, 4.69) is 28.1 Å². The molecule has 0 aliphatic carbocycles. The van der Waals surface area contributed by atoms with Crippen LogP contribution in [0.5, 0.6) is 0 Å². The molecule has 1 aliphatic heterocycles. The van der Waals surface area contributed by atoms with Crippen LogP contribution < -0.4 is 10.6 Å². The first-order valence-electron chi connectivity index (χ1n) is 6.90. The van der Waals surface area contributed by atoms with Crippen molar-refractivity contribution in [1.82, 2.24) is 5.32 Å². The quantitative estimate of drug-likeness (QED) is 0.906. The number of hydrogen-bond acceptors (Lipinski definition) is 3. The Morgan fingerprint density at radius 3 is 2.75 bits per heavy atom. The van der Waals surface area contributed by atoms with Crippen molar-refractivity contribution < 1.29 is 4.79 Å². The molecule has 2 N–H and O–H groups in total. The molecule has 1 fully saturated rings. The number of benzene rings is 1. The Kier molecular flexibility index (Phi) is 3.85. The van der Waals surface area contributed by atoms with E-state index < -0.39 is 0 Å². The molecule has 4 heteroatoms. The van der Waals surface area contributed by atoms with Gasteiger partial charge >= 0.3 is 0 Å². The van der Waals surface area contributed by atoms with E-state index in [1.54, 1.807) is 11.3 Å². The molecule has 2 heterocycles. The van der Waals surface area contributed by atoms with Crippen LogP contribution in [-0.2, 0) is 4.79 Å². The highest BCUT2D eigenvalue weighted by Crippen LogP contribution is 2.32. The second kappa shape index (κ2) is 5.77. The summed E-state index contributed by atoms with van der Waals surface area (Å²) in [6.07, 6.45) is 0. The fraction of sp³-hybridized carbons (Fsp3) is 0.312. The number of carbonyl (C=O) groups is 1. The third kappa shape index (κ3) is 2.62. The zero-order chi connectivity index (χ0) is 13.9. The van der Waals surface area contributed by atoms with Crippen LogP contribution in [-0.4, -0.2) is 19.0 Å². The summed E-state index contributed by atoms with van der Waals surface area (Å²) in [5.74, 6) is 0.622. The summed E-state index contributed by atoms with van der Waals surface area (Å²) in [5, 5.41) is 8.36. The van der Waals surface area contributed by atoms with Gasteiger partial charge in [0, 0.05) is 22.0 Å². The number of nitrogens with one attached hydrogen (secondary N) is 2. The molecule has 0 radical (unpaired) electrons. The topological polar surface area (TPSA) is 41.1 Å². The third-order valence-corrected chi connectivity index (χ3v) is 4.81. The summed E-state index contributed by atoms with van der Waals surface area (Å²) in [7, 11) is 0. The smallest absolute Gasteiger partial charge is 0.227 e. The maximum Gasteiger partial charge on any atom is 0.227 e. The Balaban J connectivity index is 1.79. The second-order valence-corrected chi connectivity index (χ2v) is 6.17. The van der Waals surface area contributed by atoms with Crippen molar-refractivity contribution in [1.29, 1.82) is 0 Å². The molecule has 1 amide bonds. The molecule has 1 aromatic heterocycles. The number of anilines is 1. The fourth-order valence-electron chi connectivity index (χ4n) is 2.36. The maximum absolute atomic E-state index is 12.3. The molecular formula is C16H18N2OS. The van der Waals surface area contributed by atoms with Gasteiger partial charge in [-0.25, -0.2) is 0 Å². The molecule has 0 bridgehead atoms. The van der Waals surface area contributed by atoms with Gasteiger partial charge in [0.1, 0.15) is 0 Å². The van der Waals surface area contributed by atoms with Crippen molar-refractivity contribution >= 4 is 22.9 Å². The lowest BCUT2D eigenvalue weighted by Gasteiger charge is -2.31. The standard InChI is InChI=1S/C16H18N2OS/c1-11(12-9-17-10-12)16(19)18-14-6-3-2-5-13(14)15-7-4-8-20-15/h2-8,11-12,17H,9-10H2,1H3,(H,18,19). The SMILES string of the molecule is CC(C(=O)Nc1ccccc1-c1cccs1)C1CNC1. The van der Waals surface area contributed by atoms with Gasteiger partial charge in [0.25, 0.3) is 0 Å². The normalized spacial score (nSPS) is 16.4. The van der Waals surface area contributed by atoms with E-state index in [9.17, 15) is 4.79 Å². The van der Waals surface area contributed by atoms with Gasteiger partial charge in [-0.1, -0.05) is 31.2 Å². The highest BCUT2D eigenvalue weighted by atomic mass is 32.1. The number of rotatable bonds is 4. The van der Waals surface area contributed by atoms with Gasteiger partial charge in [0.05, 0.1) is 0 Å². The Morgan fingerprint density at radius 1 is 1.30 bits per heavy atom. The van der Waals surface area contributed by atoms with Crippen LogP contribution in [0.2, 0.25) is 0 Å². The van der Waals surface area contributed by atoms with E-state index in [1.807, 2.05) is 31.2 Å². The van der Waals surface area contributed by atoms with Crippen LogP contribution in [0, 0.1) is 11.8 Å². The minimum atomic E-state index is 0.0487. The molecular weight excluding hydrogens is 268 g/mol. The summed E-state index contributed by atoms with van der Waals surface area (Å²) < 4.78 is 0. The number of carbonyl (C=O) groups excluding carboxylic acids is 1. The molecule has 1 atom stereocenters. The summed E-state index contributed by atoms with van der Waals surface area (Å²) in [6, 6.07) is 12.1. The highest BCUT2D eigenvalue weighted by molar-refractivity contribution is 7.13. The van der Waals surface area contributed by atoms with Crippen LogP contribution in [0.15, 0.2) is 41.8 Å². The number of hydrogen-bond donors (Lipinski definition) is 2. The zero-order valence-corrected chi connectivity index (χ0v) is 12.2. The van der Waals surface area contributed by atoms with Gasteiger partial charge in [-0.15, -0.1) is 11.3 Å². The van der Waals surface area contributed by atoms with Crippen LogP contribution in [0.3, 0.4) is 0 Å². The monoisotopic (exact) mass is 286 g/mol. The van der Waals surface area contributed by atoms with E-state index >= 15 is 0 Å². The molecule has 20 heavy (non-hydrogen) atoms. The Bertz CT molecular complexity index is 590. The number of para-hydroxylation sites is 1. The predicted octanol–water partition coefficient (Wildman–Crippen LogP) is 3.21. The average Bonchev–Trinajstić information content (AvgIpc) is 2.91. The first-order valence-corrected chi connectivity index (χ1v) is 7.78. The van der Waals surface area contributed by atoms with Crippen LogP contribution in [0.1, 0.15) is 6.92 Å². The summed E-state index contributed by atoms with van der Waals surface area (Å²) in [5.41, 5.74) is 1.99. The number of amides is 1. The van der Waals surface area contributed by atoms with E-state index in [0.29, 0.717) is 5.92 Å². The lowest BCUT2D eigenvalue weighted by atomic mass is 9.88. The van der Waals surface area contributed by atoms with Crippen LogP contribution in [0.4, 0.5) is 5.69 Å². The first-order chi connectivity index (χ1) is 9.75. The molecule has 3 nitrogen and oxygen atoms in total. The van der Waals surface area contributed by atoms with E-state index in [4.69, 9.17) is 0 Å². The third-order valence-electron chi connectivity index (χ3n) is 3.91. The van der Waals surface area contributed by atoms with Gasteiger partial charge < -0.3 is 10.6 Å². The van der Waals surface area contributed by atoms with Crippen molar-refractivity contribution in [2.24, 2.45) is 11.8 Å². The minimum absolute atomic E-state index is 0.0487. The lowest BCUT2D eigenvalue weighted by Crippen LogP contribution is -2.48. The molecule has 3 rings (SSSR count). The van der Waals surface area contributed by atoms with Crippen molar-refractivity contribution in [2.45, 2.75) is 6.92 Å². The molecule has 104 valence electrons. The van der Waals surface area contributed by atoms with Crippen molar-refractivity contribution in [2.75, 3.05) is 18.4 Å². The molecule has 1 saturated heterocycles. The van der Waals surface area contributed by atoms with Crippen molar-refractivity contribution in [3.63, 3.8) is 0 Å². The lowest BCUT2D eigenvalue weighted by molar-refractivity contribution is -0.121. The van der Waals surface area contributed by atoms with E-state index in [-0.39, 0.29) is 11.8 Å². The van der Waals surface area contributed by atoms with E-state index in [1.165, 1.54) is 4.88 Å². The van der Waals surface area contributed by atoms with Gasteiger partial charge in [0.15, 0.2) is 0 Å². The summed E-state index contributed by atoms with van der Waals surface area (Å²) in [4.78, 5) is 13.5. The highest BCUT2D eigenvalue weighted by Gasteiger charge is 2.28. The second-order valence-electron chi connectivity index (χ2n) is 5.22. The molecule has 1 aromatic carbocycles. The van der Waals surface area contributed by atoms with Crippen LogP contribution in [0.25, 0.3) is 10.4 Å². The van der Waals surface area contributed by atoms with Crippen LogP contribution >= 0.6 is 11.3 Å². The van der Waals surface area contributed by atoms with E-state index in [0.717, 1.165) is 24.3 Å². The fourth-order valence-corrected chi connectivity index (χ4v) is 3.13. The van der Waals surface area contributed by atoms with Crippen molar-refractivity contribution in [3.8, 4) is 10.4 Å². The van der Waals surface area contributed by atoms with Gasteiger partial charge in [0.2, 0.25) is 5.91 Å². The Hall–Kier alpha value is -1.65. The Morgan fingerprint density at radius 2 is 2.10 bits per heavy atom. The van der Waals surface area contributed by atoms with Crippen molar-refractivity contribution in [3.05, 3.63) is 41.8 Å². The van der Waals surface area contributed by atoms with Gasteiger partial charge in [-0.2, -0.15) is 0 Å². The molecule has 1 aliphatic rings. The summed E-state index contributed by atoms with van der Waals surface area (Å²) >= 11 is 1.69. The summed E-state index contributed by atoms with van der Waals surface area (Å²) in [6.45, 7) is 3.90. The zero-order valence-electron chi connectivity index (χ0n) is 11.4. The number of thiophene rings is 1. The molecule has 2 aromatic rings. The molecule has 1 unspecified atom stereocenters. The first kappa shape index (κ1) is 13.3. The van der Waals surface area contributed by atoms with Gasteiger partial charge in [-0.05, 0) is 36.5 Å².